The third-order valence-electron chi connectivity index (χ3n) is 2.50. The smallest absolute Gasteiger partial charge is 0.337 e. The number of amides is 1. The molecule has 0 saturated heterocycles. The Balaban J connectivity index is 3.07. The molecule has 0 bridgehead atoms. The minimum atomic E-state index is -3.57. The predicted octanol–water partition coefficient (Wildman–Crippen LogP) is 0.462. The number of nitrogens with one attached hydrogen (secondary N) is 1. The summed E-state index contributed by atoms with van der Waals surface area (Å²) in [5, 5.41) is 19.0. The SMILES string of the molecule is CC(C(=O)Nc1ccc(O)cc1C(=O)O)S(C)(=O)=O. The lowest BCUT2D eigenvalue weighted by Crippen LogP contribution is -2.32. The highest BCUT2D eigenvalue weighted by molar-refractivity contribution is 7.92. The first-order valence-electron chi connectivity index (χ1n) is 5.19. The van der Waals surface area contributed by atoms with Crippen LogP contribution in [-0.4, -0.2) is 42.0 Å². The Morgan fingerprint density at radius 2 is 1.89 bits per heavy atom. The molecule has 0 aliphatic rings. The van der Waals surface area contributed by atoms with Crippen LogP contribution in [0.1, 0.15) is 17.3 Å². The molecule has 1 aromatic carbocycles. The van der Waals surface area contributed by atoms with E-state index >= 15 is 0 Å². The van der Waals surface area contributed by atoms with Crippen molar-refractivity contribution in [2.24, 2.45) is 0 Å². The molecule has 1 atom stereocenters. The van der Waals surface area contributed by atoms with Gasteiger partial charge in [-0.25, -0.2) is 13.2 Å². The summed E-state index contributed by atoms with van der Waals surface area (Å²) >= 11 is 0. The fourth-order valence-electron chi connectivity index (χ4n) is 1.25. The number of aromatic hydroxyl groups is 1. The average molecular weight is 287 g/mol. The van der Waals surface area contributed by atoms with E-state index in [-0.39, 0.29) is 17.0 Å². The Bertz CT molecular complexity index is 622. The van der Waals surface area contributed by atoms with E-state index in [2.05, 4.69) is 5.32 Å². The van der Waals surface area contributed by atoms with Crippen LogP contribution in [0.2, 0.25) is 0 Å². The normalized spacial score (nSPS) is 12.7. The van der Waals surface area contributed by atoms with Gasteiger partial charge < -0.3 is 15.5 Å². The van der Waals surface area contributed by atoms with Crippen LogP contribution in [0.3, 0.4) is 0 Å². The molecule has 1 rings (SSSR count). The number of carbonyl (C=O) groups is 2. The maximum Gasteiger partial charge on any atom is 0.337 e. The zero-order valence-corrected chi connectivity index (χ0v) is 11.1. The zero-order chi connectivity index (χ0) is 14.8. The standard InChI is InChI=1S/C11H13NO6S/c1-6(19(2,17)18)10(14)12-9-4-3-7(13)5-8(9)11(15)16/h3-6,13H,1-2H3,(H,12,14)(H,15,16). The molecule has 0 radical (unpaired) electrons. The van der Waals surface area contributed by atoms with Crippen molar-refractivity contribution in [1.29, 1.82) is 0 Å². The molecule has 1 amide bonds. The van der Waals surface area contributed by atoms with Crippen LogP contribution >= 0.6 is 0 Å². The molecule has 1 unspecified atom stereocenters. The van der Waals surface area contributed by atoms with Crippen molar-refractivity contribution in [1.82, 2.24) is 0 Å². The van der Waals surface area contributed by atoms with Crippen molar-refractivity contribution in [3.8, 4) is 5.75 Å². The summed E-state index contributed by atoms with van der Waals surface area (Å²) in [4.78, 5) is 22.6. The molecule has 8 heteroatoms. The Hall–Kier alpha value is -2.09. The van der Waals surface area contributed by atoms with Gasteiger partial charge in [-0.2, -0.15) is 0 Å². The van der Waals surface area contributed by atoms with Gasteiger partial charge in [-0.1, -0.05) is 0 Å². The largest absolute Gasteiger partial charge is 0.508 e. The topological polar surface area (TPSA) is 121 Å². The lowest BCUT2D eigenvalue weighted by Gasteiger charge is -2.12. The van der Waals surface area contributed by atoms with Gasteiger partial charge in [0.1, 0.15) is 11.0 Å². The lowest BCUT2D eigenvalue weighted by atomic mass is 10.1. The summed E-state index contributed by atoms with van der Waals surface area (Å²) in [5.74, 6) is -2.46. The van der Waals surface area contributed by atoms with Crippen LogP contribution in [-0.2, 0) is 14.6 Å². The maximum absolute atomic E-state index is 11.7. The zero-order valence-electron chi connectivity index (χ0n) is 10.2. The number of sulfone groups is 1. The number of carboxylic acids is 1. The Morgan fingerprint density at radius 3 is 2.37 bits per heavy atom. The quantitative estimate of drug-likeness (QED) is 0.692. The molecular weight excluding hydrogens is 274 g/mol. The summed E-state index contributed by atoms with van der Waals surface area (Å²) in [6.07, 6.45) is 0.909. The van der Waals surface area contributed by atoms with Gasteiger partial charge in [-0.15, -0.1) is 0 Å². The maximum atomic E-state index is 11.7. The molecule has 0 aliphatic heterocycles. The average Bonchev–Trinajstić information content (AvgIpc) is 2.28. The molecule has 0 spiro atoms. The summed E-state index contributed by atoms with van der Waals surface area (Å²) in [6, 6.07) is 3.34. The second kappa shape index (κ2) is 5.27. The number of carbonyl (C=O) groups excluding carboxylic acids is 1. The number of phenolic OH excluding ortho intramolecular Hbond substituents is 1. The van der Waals surface area contributed by atoms with E-state index in [1.54, 1.807) is 0 Å². The number of rotatable bonds is 4. The summed E-state index contributed by atoms with van der Waals surface area (Å²) in [5.41, 5.74) is -0.403. The molecule has 0 aliphatic carbocycles. The number of aromatic carboxylic acids is 1. The minimum Gasteiger partial charge on any atom is -0.508 e. The van der Waals surface area contributed by atoms with Crippen molar-refractivity contribution in [2.45, 2.75) is 12.2 Å². The Labute approximate surface area is 109 Å². The highest BCUT2D eigenvalue weighted by Crippen LogP contribution is 2.21. The number of benzene rings is 1. The highest BCUT2D eigenvalue weighted by Gasteiger charge is 2.24. The molecule has 104 valence electrons. The molecule has 19 heavy (non-hydrogen) atoms. The van der Waals surface area contributed by atoms with Crippen molar-refractivity contribution >= 4 is 27.4 Å². The van der Waals surface area contributed by atoms with Gasteiger partial charge in [-0.05, 0) is 25.1 Å². The van der Waals surface area contributed by atoms with E-state index < -0.39 is 27.0 Å². The fourth-order valence-corrected chi connectivity index (χ4v) is 1.69. The molecular formula is C11H13NO6S. The molecule has 0 aromatic heterocycles. The number of phenols is 1. The number of anilines is 1. The molecule has 0 fully saturated rings. The first-order chi connectivity index (χ1) is 8.62. The van der Waals surface area contributed by atoms with Crippen molar-refractivity contribution in [3.63, 3.8) is 0 Å². The third-order valence-corrected chi connectivity index (χ3v) is 4.00. The van der Waals surface area contributed by atoms with Crippen molar-refractivity contribution in [2.75, 3.05) is 11.6 Å². The summed E-state index contributed by atoms with van der Waals surface area (Å²) in [6.45, 7) is 1.20. The first kappa shape index (κ1) is 15.0. The number of hydrogen-bond donors (Lipinski definition) is 3. The summed E-state index contributed by atoms with van der Waals surface area (Å²) in [7, 11) is -3.57. The van der Waals surface area contributed by atoms with E-state index in [1.165, 1.54) is 19.1 Å². The monoisotopic (exact) mass is 287 g/mol. The second-order valence-corrected chi connectivity index (χ2v) is 6.36. The van der Waals surface area contributed by atoms with Crippen LogP contribution < -0.4 is 5.32 Å². The van der Waals surface area contributed by atoms with E-state index in [1.807, 2.05) is 0 Å². The second-order valence-electron chi connectivity index (χ2n) is 4.00. The number of hydrogen-bond acceptors (Lipinski definition) is 5. The van der Waals surface area contributed by atoms with Gasteiger partial charge in [0.25, 0.3) is 0 Å². The van der Waals surface area contributed by atoms with Gasteiger partial charge in [-0.3, -0.25) is 4.79 Å². The van der Waals surface area contributed by atoms with E-state index in [0.717, 1.165) is 12.3 Å². The van der Waals surface area contributed by atoms with Crippen LogP contribution in [0.25, 0.3) is 0 Å². The van der Waals surface area contributed by atoms with Gasteiger partial charge in [0.2, 0.25) is 5.91 Å². The molecule has 0 saturated carbocycles. The van der Waals surface area contributed by atoms with Crippen molar-refractivity contribution < 1.29 is 28.2 Å². The van der Waals surface area contributed by atoms with Gasteiger partial charge in [0.05, 0.1) is 11.3 Å². The lowest BCUT2D eigenvalue weighted by molar-refractivity contribution is -0.115. The van der Waals surface area contributed by atoms with E-state index in [4.69, 9.17) is 5.11 Å². The van der Waals surface area contributed by atoms with Crippen LogP contribution in [0.15, 0.2) is 18.2 Å². The molecule has 1 aromatic rings. The fraction of sp³-hybridized carbons (Fsp3) is 0.273. The molecule has 0 heterocycles. The van der Waals surface area contributed by atoms with Gasteiger partial charge >= 0.3 is 5.97 Å². The summed E-state index contributed by atoms with van der Waals surface area (Å²) < 4.78 is 22.4. The van der Waals surface area contributed by atoms with Crippen LogP contribution in [0, 0.1) is 0 Å². The van der Waals surface area contributed by atoms with Gasteiger partial charge in [0, 0.05) is 6.26 Å². The van der Waals surface area contributed by atoms with Gasteiger partial charge in [0.15, 0.2) is 9.84 Å². The Morgan fingerprint density at radius 1 is 1.32 bits per heavy atom. The molecule has 7 nitrogen and oxygen atoms in total. The minimum absolute atomic E-state index is 0.0780. The third kappa shape index (κ3) is 3.68. The van der Waals surface area contributed by atoms with Crippen LogP contribution in [0.5, 0.6) is 5.75 Å². The van der Waals surface area contributed by atoms with E-state index in [9.17, 15) is 23.1 Å². The van der Waals surface area contributed by atoms with E-state index in [0.29, 0.717) is 0 Å². The molecule has 3 N–H and O–H groups in total. The van der Waals surface area contributed by atoms with Crippen molar-refractivity contribution in [3.05, 3.63) is 23.8 Å². The van der Waals surface area contributed by atoms with Crippen LogP contribution in [0.4, 0.5) is 5.69 Å². The number of carboxylic acid groups (broad SMARTS) is 1. The highest BCUT2D eigenvalue weighted by atomic mass is 32.2. The first-order valence-corrected chi connectivity index (χ1v) is 7.14. The predicted molar refractivity (Wildman–Crippen MR) is 68.0 cm³/mol. The Kier molecular flexibility index (Phi) is 4.15.